The van der Waals surface area contributed by atoms with Crippen LogP contribution in [0.4, 0.5) is 23.5 Å². The second-order valence-electron chi connectivity index (χ2n) is 6.58. The fraction of sp³-hybridized carbons (Fsp3) is 0.318. The minimum absolute atomic E-state index is 0.454. The molecule has 5 N–H and O–H groups in total. The molecule has 0 bridgehead atoms. The monoisotopic (exact) mass is 423 g/mol. The minimum Gasteiger partial charge on any atom is -0.378 e. The average Bonchev–Trinajstić information content (AvgIpc) is 2.81. The summed E-state index contributed by atoms with van der Waals surface area (Å²) in [4.78, 5) is 13.4. The van der Waals surface area contributed by atoms with Crippen LogP contribution in [-0.2, 0) is 16.0 Å². The van der Waals surface area contributed by atoms with Gasteiger partial charge in [0.2, 0.25) is 17.8 Å². The highest BCUT2D eigenvalue weighted by Gasteiger charge is 2.07. The fourth-order valence-electron chi connectivity index (χ4n) is 2.66. The normalized spacial score (nSPS) is 10.6. The summed E-state index contributed by atoms with van der Waals surface area (Å²) < 4.78 is 10.8. The van der Waals surface area contributed by atoms with E-state index in [2.05, 4.69) is 30.9 Å². The standard InChI is InChI=1S/C22H29N7O2/c23-11-13-30-15-16-31-14-12-24-20-27-21(25-17-18-7-3-1-4-8-18)29-22(28-20)26-19-9-5-2-6-10-19/h1-10H,11-17,23H2,(H3,24,25,26,27,28,29). The summed E-state index contributed by atoms with van der Waals surface area (Å²) in [5, 5.41) is 9.65. The first kappa shape index (κ1) is 22.4. The van der Waals surface area contributed by atoms with Crippen LogP contribution in [0, 0.1) is 0 Å². The molecule has 0 fully saturated rings. The lowest BCUT2D eigenvalue weighted by Gasteiger charge is -2.12. The van der Waals surface area contributed by atoms with Crippen molar-refractivity contribution < 1.29 is 9.47 Å². The SMILES string of the molecule is NCCOCCOCCNc1nc(NCc2ccccc2)nc(Nc2ccccc2)n1. The largest absolute Gasteiger partial charge is 0.378 e. The molecule has 0 aliphatic carbocycles. The van der Waals surface area contributed by atoms with Crippen molar-refractivity contribution in [3.8, 4) is 0 Å². The Bertz CT molecular complexity index is 882. The topological polar surface area (TPSA) is 119 Å². The quantitative estimate of drug-likeness (QED) is 0.290. The Hall–Kier alpha value is -3.27. The lowest BCUT2D eigenvalue weighted by atomic mass is 10.2. The van der Waals surface area contributed by atoms with E-state index < -0.39 is 0 Å². The van der Waals surface area contributed by atoms with Crippen molar-refractivity contribution in [1.82, 2.24) is 15.0 Å². The van der Waals surface area contributed by atoms with Crippen LogP contribution in [0.15, 0.2) is 60.7 Å². The van der Waals surface area contributed by atoms with Crippen LogP contribution in [-0.4, -0.2) is 54.5 Å². The smallest absolute Gasteiger partial charge is 0.233 e. The van der Waals surface area contributed by atoms with Gasteiger partial charge in [0.15, 0.2) is 0 Å². The number of benzene rings is 2. The van der Waals surface area contributed by atoms with Crippen molar-refractivity contribution in [2.24, 2.45) is 5.73 Å². The van der Waals surface area contributed by atoms with Gasteiger partial charge in [-0.25, -0.2) is 0 Å². The van der Waals surface area contributed by atoms with Crippen LogP contribution in [0.2, 0.25) is 0 Å². The Morgan fingerprint density at radius 3 is 2.00 bits per heavy atom. The maximum Gasteiger partial charge on any atom is 0.233 e. The van der Waals surface area contributed by atoms with Crippen LogP contribution < -0.4 is 21.7 Å². The molecule has 0 amide bonds. The Kier molecular flexibility index (Phi) is 9.48. The molecule has 0 saturated carbocycles. The number of ether oxygens (including phenoxy) is 2. The minimum atomic E-state index is 0.454. The third-order valence-corrected chi connectivity index (χ3v) is 4.12. The molecule has 0 atom stereocenters. The molecule has 0 spiro atoms. The number of hydrogen-bond donors (Lipinski definition) is 4. The summed E-state index contributed by atoms with van der Waals surface area (Å²) in [5.74, 6) is 1.40. The first-order valence-corrected chi connectivity index (χ1v) is 10.3. The lowest BCUT2D eigenvalue weighted by molar-refractivity contribution is 0.0547. The fourth-order valence-corrected chi connectivity index (χ4v) is 2.66. The van der Waals surface area contributed by atoms with Gasteiger partial charge in [0, 0.05) is 25.3 Å². The van der Waals surface area contributed by atoms with Crippen LogP contribution in [0.5, 0.6) is 0 Å². The summed E-state index contributed by atoms with van der Waals surface area (Å²) >= 11 is 0. The molecule has 1 heterocycles. The summed E-state index contributed by atoms with van der Waals surface area (Å²) in [5.41, 5.74) is 7.41. The van der Waals surface area contributed by atoms with Gasteiger partial charge in [-0.1, -0.05) is 48.5 Å². The van der Waals surface area contributed by atoms with E-state index >= 15 is 0 Å². The Balaban J connectivity index is 1.57. The van der Waals surface area contributed by atoms with Gasteiger partial charge in [-0.05, 0) is 17.7 Å². The zero-order chi connectivity index (χ0) is 21.6. The van der Waals surface area contributed by atoms with Gasteiger partial charge < -0.3 is 31.2 Å². The number of anilines is 4. The molecule has 9 heteroatoms. The molecule has 0 aliphatic rings. The lowest BCUT2D eigenvalue weighted by Crippen LogP contribution is -2.17. The third kappa shape index (κ3) is 8.55. The van der Waals surface area contributed by atoms with E-state index in [9.17, 15) is 0 Å². The summed E-state index contributed by atoms with van der Waals surface area (Å²) in [6.45, 7) is 3.78. The van der Waals surface area contributed by atoms with E-state index in [4.69, 9.17) is 15.2 Å². The van der Waals surface area contributed by atoms with Crippen LogP contribution in [0.3, 0.4) is 0 Å². The highest BCUT2D eigenvalue weighted by molar-refractivity contribution is 5.55. The van der Waals surface area contributed by atoms with E-state index in [1.165, 1.54) is 0 Å². The number of rotatable bonds is 14. The number of para-hydroxylation sites is 1. The molecule has 2 aromatic carbocycles. The molecule has 9 nitrogen and oxygen atoms in total. The molecule has 31 heavy (non-hydrogen) atoms. The second-order valence-corrected chi connectivity index (χ2v) is 6.58. The predicted molar refractivity (Wildman–Crippen MR) is 123 cm³/mol. The summed E-state index contributed by atoms with van der Waals surface area (Å²) in [7, 11) is 0. The van der Waals surface area contributed by atoms with E-state index in [-0.39, 0.29) is 0 Å². The van der Waals surface area contributed by atoms with Crippen molar-refractivity contribution in [2.75, 3.05) is 55.5 Å². The van der Waals surface area contributed by atoms with Gasteiger partial charge in [-0.15, -0.1) is 0 Å². The first-order valence-electron chi connectivity index (χ1n) is 10.3. The molecular formula is C22H29N7O2. The Morgan fingerprint density at radius 1 is 0.677 bits per heavy atom. The maximum absolute atomic E-state index is 5.53. The molecule has 1 aromatic heterocycles. The van der Waals surface area contributed by atoms with Crippen molar-refractivity contribution >= 4 is 23.5 Å². The first-order chi connectivity index (χ1) is 15.3. The molecule has 0 unspecified atom stereocenters. The van der Waals surface area contributed by atoms with Crippen molar-refractivity contribution in [3.05, 3.63) is 66.2 Å². The van der Waals surface area contributed by atoms with Gasteiger partial charge >= 0.3 is 0 Å². The molecular weight excluding hydrogens is 394 g/mol. The van der Waals surface area contributed by atoms with Gasteiger partial charge in [0.1, 0.15) is 0 Å². The van der Waals surface area contributed by atoms with Crippen molar-refractivity contribution in [1.29, 1.82) is 0 Å². The van der Waals surface area contributed by atoms with Crippen LogP contribution in [0.1, 0.15) is 5.56 Å². The van der Waals surface area contributed by atoms with Crippen LogP contribution >= 0.6 is 0 Å². The molecule has 164 valence electrons. The highest BCUT2D eigenvalue weighted by Crippen LogP contribution is 2.16. The Labute approximate surface area is 182 Å². The van der Waals surface area contributed by atoms with Gasteiger partial charge in [-0.2, -0.15) is 15.0 Å². The Morgan fingerprint density at radius 2 is 1.29 bits per heavy atom. The van der Waals surface area contributed by atoms with Crippen molar-refractivity contribution in [3.63, 3.8) is 0 Å². The molecule has 3 rings (SSSR count). The number of aromatic nitrogens is 3. The van der Waals surface area contributed by atoms with Gasteiger partial charge in [-0.3, -0.25) is 0 Å². The predicted octanol–water partition coefficient (Wildman–Crippen LogP) is 2.63. The maximum atomic E-state index is 5.53. The number of nitrogens with two attached hydrogens (primary N) is 1. The molecule has 0 radical (unpaired) electrons. The van der Waals surface area contributed by atoms with Gasteiger partial charge in [0.05, 0.1) is 26.4 Å². The average molecular weight is 424 g/mol. The number of nitrogens with zero attached hydrogens (tertiary/aromatic N) is 3. The van der Waals surface area contributed by atoms with Crippen LogP contribution in [0.25, 0.3) is 0 Å². The van der Waals surface area contributed by atoms with E-state index in [0.29, 0.717) is 63.9 Å². The summed E-state index contributed by atoms with van der Waals surface area (Å²) in [6.07, 6.45) is 0. The molecule has 0 aliphatic heterocycles. The zero-order valence-corrected chi connectivity index (χ0v) is 17.5. The van der Waals surface area contributed by atoms with E-state index in [0.717, 1.165) is 11.3 Å². The van der Waals surface area contributed by atoms with E-state index in [1.54, 1.807) is 0 Å². The number of nitrogens with one attached hydrogen (secondary N) is 3. The van der Waals surface area contributed by atoms with E-state index in [1.807, 2.05) is 60.7 Å². The van der Waals surface area contributed by atoms with Crippen molar-refractivity contribution in [2.45, 2.75) is 6.54 Å². The molecule has 3 aromatic rings. The zero-order valence-electron chi connectivity index (χ0n) is 17.5. The number of hydrogen-bond acceptors (Lipinski definition) is 9. The molecule has 0 saturated heterocycles. The highest BCUT2D eigenvalue weighted by atomic mass is 16.5. The summed E-state index contributed by atoms with van der Waals surface area (Å²) in [6, 6.07) is 19.8. The van der Waals surface area contributed by atoms with Gasteiger partial charge in [0.25, 0.3) is 0 Å². The third-order valence-electron chi connectivity index (χ3n) is 4.12. The second kappa shape index (κ2) is 13.1.